The normalized spacial score (nSPS) is 23.7. The van der Waals surface area contributed by atoms with Gasteiger partial charge in [-0.3, -0.25) is 0 Å². The van der Waals surface area contributed by atoms with E-state index >= 15 is 0 Å². The Kier molecular flexibility index (Phi) is 2.67. The van der Waals surface area contributed by atoms with Crippen molar-refractivity contribution in [1.29, 1.82) is 0 Å². The number of rotatable bonds is 2. The van der Waals surface area contributed by atoms with Crippen LogP contribution >= 0.6 is 0 Å². The minimum Gasteiger partial charge on any atom is -0.397 e. The molecule has 0 unspecified atom stereocenters. The maximum absolute atomic E-state index is 13.2. The van der Waals surface area contributed by atoms with Crippen LogP contribution in [0.3, 0.4) is 0 Å². The minimum atomic E-state index is -2.77. The van der Waals surface area contributed by atoms with E-state index < -0.39 is 18.5 Å². The lowest BCUT2D eigenvalue weighted by Gasteiger charge is -2.23. The Labute approximate surface area is 91.7 Å². The van der Waals surface area contributed by atoms with Crippen molar-refractivity contribution >= 4 is 11.5 Å². The van der Waals surface area contributed by atoms with Gasteiger partial charge in [-0.15, -0.1) is 0 Å². The SMILES string of the molecule is Nc1ccc(N2CC(F)(F)C[C@H]2CO)nc1. The molecule has 2 rings (SSSR count). The topological polar surface area (TPSA) is 62.4 Å². The van der Waals surface area contributed by atoms with Crippen molar-refractivity contribution in [1.82, 2.24) is 4.98 Å². The van der Waals surface area contributed by atoms with Gasteiger partial charge in [0, 0.05) is 6.42 Å². The first-order valence-corrected chi connectivity index (χ1v) is 4.99. The van der Waals surface area contributed by atoms with Gasteiger partial charge in [0.25, 0.3) is 5.92 Å². The fourth-order valence-electron chi connectivity index (χ4n) is 1.90. The predicted molar refractivity (Wildman–Crippen MR) is 56.4 cm³/mol. The van der Waals surface area contributed by atoms with Crippen molar-refractivity contribution in [3.05, 3.63) is 18.3 Å². The van der Waals surface area contributed by atoms with E-state index in [1.807, 2.05) is 0 Å². The van der Waals surface area contributed by atoms with Gasteiger partial charge >= 0.3 is 0 Å². The number of aliphatic hydroxyl groups is 1. The first-order valence-electron chi connectivity index (χ1n) is 4.99. The standard InChI is InChI=1S/C10H13F2N3O/c11-10(12)3-8(5-16)15(6-10)9-2-1-7(13)4-14-9/h1-2,4,8,16H,3,5-6,13H2/t8-/m0/s1. The zero-order chi connectivity index (χ0) is 11.8. The summed E-state index contributed by atoms with van der Waals surface area (Å²) in [5.41, 5.74) is 5.95. The molecule has 2 heterocycles. The van der Waals surface area contributed by atoms with Crippen LogP contribution in [0.25, 0.3) is 0 Å². The Morgan fingerprint density at radius 2 is 2.31 bits per heavy atom. The van der Waals surface area contributed by atoms with Crippen molar-refractivity contribution < 1.29 is 13.9 Å². The highest BCUT2D eigenvalue weighted by atomic mass is 19.3. The third-order valence-corrected chi connectivity index (χ3v) is 2.65. The molecule has 0 amide bonds. The molecule has 1 aliphatic rings. The molecule has 1 aromatic heterocycles. The van der Waals surface area contributed by atoms with Gasteiger partial charge in [0.15, 0.2) is 0 Å². The average molecular weight is 229 g/mol. The van der Waals surface area contributed by atoms with Crippen LogP contribution in [0.2, 0.25) is 0 Å². The second-order valence-corrected chi connectivity index (χ2v) is 3.97. The largest absolute Gasteiger partial charge is 0.397 e. The number of anilines is 2. The minimum absolute atomic E-state index is 0.304. The molecule has 0 spiro atoms. The molecule has 6 heteroatoms. The Morgan fingerprint density at radius 3 is 2.88 bits per heavy atom. The lowest BCUT2D eigenvalue weighted by Crippen LogP contribution is -2.33. The van der Waals surface area contributed by atoms with Gasteiger partial charge in [-0.05, 0) is 12.1 Å². The van der Waals surface area contributed by atoms with Crippen molar-refractivity contribution in [2.75, 3.05) is 23.8 Å². The Morgan fingerprint density at radius 1 is 1.56 bits per heavy atom. The van der Waals surface area contributed by atoms with Gasteiger partial charge in [0.1, 0.15) is 5.82 Å². The number of alkyl halides is 2. The second-order valence-electron chi connectivity index (χ2n) is 3.97. The molecular formula is C10H13F2N3O. The van der Waals surface area contributed by atoms with E-state index in [-0.39, 0.29) is 13.0 Å². The number of pyridine rings is 1. The zero-order valence-corrected chi connectivity index (χ0v) is 8.61. The Bertz CT molecular complexity index is 369. The van der Waals surface area contributed by atoms with E-state index in [4.69, 9.17) is 10.8 Å². The second kappa shape index (κ2) is 3.86. The molecule has 3 N–H and O–H groups in total. The molecule has 0 bridgehead atoms. The molecule has 88 valence electrons. The van der Waals surface area contributed by atoms with E-state index in [0.717, 1.165) is 0 Å². The summed E-state index contributed by atoms with van der Waals surface area (Å²) < 4.78 is 26.4. The van der Waals surface area contributed by atoms with Gasteiger partial charge < -0.3 is 15.7 Å². The average Bonchev–Trinajstić information content (AvgIpc) is 2.55. The number of nitrogens with two attached hydrogens (primary N) is 1. The van der Waals surface area contributed by atoms with Crippen molar-refractivity contribution in [2.24, 2.45) is 0 Å². The molecule has 0 saturated carbocycles. The van der Waals surface area contributed by atoms with Crippen LogP contribution in [0.15, 0.2) is 18.3 Å². The number of aliphatic hydroxyl groups excluding tert-OH is 1. The summed E-state index contributed by atoms with van der Waals surface area (Å²) in [6.07, 6.45) is 1.08. The highest BCUT2D eigenvalue weighted by Gasteiger charge is 2.45. The van der Waals surface area contributed by atoms with Crippen LogP contribution in [0.4, 0.5) is 20.3 Å². The van der Waals surface area contributed by atoms with Crippen LogP contribution in [-0.2, 0) is 0 Å². The summed E-state index contributed by atoms with van der Waals surface area (Å²) in [5.74, 6) is -2.35. The quantitative estimate of drug-likeness (QED) is 0.790. The molecule has 1 aliphatic heterocycles. The first-order chi connectivity index (χ1) is 7.52. The van der Waals surface area contributed by atoms with Crippen LogP contribution in [-0.4, -0.2) is 35.2 Å². The highest BCUT2D eigenvalue weighted by Crippen LogP contribution is 2.34. The Hall–Kier alpha value is -1.43. The van der Waals surface area contributed by atoms with Crippen LogP contribution in [0.5, 0.6) is 0 Å². The summed E-state index contributed by atoms with van der Waals surface area (Å²) in [7, 11) is 0. The molecular weight excluding hydrogens is 216 g/mol. The number of hydrogen-bond acceptors (Lipinski definition) is 4. The molecule has 0 radical (unpaired) electrons. The number of nitrogens with zero attached hydrogens (tertiary/aromatic N) is 2. The van der Waals surface area contributed by atoms with Crippen molar-refractivity contribution in [3.63, 3.8) is 0 Å². The maximum atomic E-state index is 13.2. The number of aromatic nitrogens is 1. The van der Waals surface area contributed by atoms with Crippen LogP contribution < -0.4 is 10.6 Å². The van der Waals surface area contributed by atoms with Crippen LogP contribution in [0, 0.1) is 0 Å². The van der Waals surface area contributed by atoms with Gasteiger partial charge in [-0.25, -0.2) is 13.8 Å². The molecule has 0 aromatic carbocycles. The number of hydrogen-bond donors (Lipinski definition) is 2. The van der Waals surface area contributed by atoms with E-state index in [2.05, 4.69) is 4.98 Å². The third kappa shape index (κ3) is 2.06. The van der Waals surface area contributed by atoms with Gasteiger partial charge in [-0.2, -0.15) is 0 Å². The molecule has 1 aromatic rings. The molecule has 1 saturated heterocycles. The summed E-state index contributed by atoms with van der Waals surface area (Å²) in [6.45, 7) is -0.712. The van der Waals surface area contributed by atoms with Gasteiger partial charge in [-0.1, -0.05) is 0 Å². The van der Waals surface area contributed by atoms with E-state index in [9.17, 15) is 8.78 Å². The first kappa shape index (κ1) is 11.1. The van der Waals surface area contributed by atoms with Crippen molar-refractivity contribution in [3.8, 4) is 0 Å². The zero-order valence-electron chi connectivity index (χ0n) is 8.61. The monoisotopic (exact) mass is 229 g/mol. The number of halogens is 2. The molecule has 1 atom stereocenters. The summed E-state index contributed by atoms with van der Waals surface area (Å²) in [6, 6.07) is 2.61. The molecule has 16 heavy (non-hydrogen) atoms. The van der Waals surface area contributed by atoms with Gasteiger partial charge in [0.2, 0.25) is 0 Å². The van der Waals surface area contributed by atoms with Gasteiger partial charge in [0.05, 0.1) is 31.1 Å². The Balaban J connectivity index is 2.23. The van der Waals surface area contributed by atoms with E-state index in [0.29, 0.717) is 11.5 Å². The van der Waals surface area contributed by atoms with Crippen LogP contribution in [0.1, 0.15) is 6.42 Å². The maximum Gasteiger partial charge on any atom is 0.267 e. The van der Waals surface area contributed by atoms with Crippen molar-refractivity contribution in [2.45, 2.75) is 18.4 Å². The fraction of sp³-hybridized carbons (Fsp3) is 0.500. The molecule has 1 fully saturated rings. The lowest BCUT2D eigenvalue weighted by molar-refractivity contribution is 0.0201. The fourth-order valence-corrected chi connectivity index (χ4v) is 1.90. The smallest absolute Gasteiger partial charge is 0.267 e. The van der Waals surface area contributed by atoms with E-state index in [1.165, 1.54) is 11.1 Å². The van der Waals surface area contributed by atoms with E-state index in [1.54, 1.807) is 12.1 Å². The lowest BCUT2D eigenvalue weighted by atomic mass is 10.2. The summed E-state index contributed by atoms with van der Waals surface area (Å²) >= 11 is 0. The molecule has 0 aliphatic carbocycles. The number of nitrogen functional groups attached to an aromatic ring is 1. The third-order valence-electron chi connectivity index (χ3n) is 2.65. The summed E-state index contributed by atoms with van der Waals surface area (Å²) in [5, 5.41) is 9.06. The predicted octanol–water partition coefficient (Wildman–Crippen LogP) is 0.870. The highest BCUT2D eigenvalue weighted by molar-refractivity contribution is 5.47. The molecule has 4 nitrogen and oxygen atoms in total. The summed E-state index contributed by atoms with van der Waals surface area (Å²) in [4.78, 5) is 5.40.